The number of anilines is 1. The third-order valence-electron chi connectivity index (χ3n) is 3.21. The number of rotatable bonds is 4. The van der Waals surface area contributed by atoms with Gasteiger partial charge in [-0.2, -0.15) is 0 Å². The van der Waals surface area contributed by atoms with E-state index in [1.165, 1.54) is 0 Å². The number of carbonyl (C=O) groups excluding carboxylic acids is 1. The van der Waals surface area contributed by atoms with Crippen molar-refractivity contribution in [1.82, 2.24) is 4.90 Å². The Bertz CT molecular complexity index is 619. The van der Waals surface area contributed by atoms with Crippen LogP contribution in [0.4, 0.5) is 5.69 Å². The monoisotopic (exact) mass is 274 g/mol. The minimum Gasteiger partial charge on any atom is -0.497 e. The van der Waals surface area contributed by atoms with Crippen LogP contribution < -0.4 is 10.5 Å². The number of hydrogen-bond acceptors (Lipinski definition) is 4. The first-order valence-corrected chi connectivity index (χ1v) is 6.25. The molecular formula is C15H18N2O3. The number of benzene rings is 1. The van der Waals surface area contributed by atoms with Gasteiger partial charge in [-0.1, -0.05) is 0 Å². The van der Waals surface area contributed by atoms with Crippen LogP contribution in [0.15, 0.2) is 34.9 Å². The molecule has 0 aliphatic rings. The van der Waals surface area contributed by atoms with Gasteiger partial charge in [-0.25, -0.2) is 0 Å². The summed E-state index contributed by atoms with van der Waals surface area (Å²) >= 11 is 0. The SMILES string of the molecule is COc1ccc(C(=O)N(C)Cc2ccoc2C)c(N)c1. The average molecular weight is 274 g/mol. The molecule has 0 unspecified atom stereocenters. The molecule has 5 heteroatoms. The van der Waals surface area contributed by atoms with E-state index in [2.05, 4.69) is 0 Å². The van der Waals surface area contributed by atoms with Gasteiger partial charge in [0.25, 0.3) is 5.91 Å². The summed E-state index contributed by atoms with van der Waals surface area (Å²) in [4.78, 5) is 14.0. The highest BCUT2D eigenvalue weighted by molar-refractivity contribution is 5.99. The molecule has 0 saturated carbocycles. The van der Waals surface area contributed by atoms with Crippen molar-refractivity contribution in [1.29, 1.82) is 0 Å². The molecule has 20 heavy (non-hydrogen) atoms. The van der Waals surface area contributed by atoms with E-state index in [1.54, 1.807) is 43.5 Å². The molecule has 1 aromatic heterocycles. The fraction of sp³-hybridized carbons (Fsp3) is 0.267. The summed E-state index contributed by atoms with van der Waals surface area (Å²) in [5.41, 5.74) is 7.75. The van der Waals surface area contributed by atoms with Crippen LogP contribution in [-0.2, 0) is 6.54 Å². The lowest BCUT2D eigenvalue weighted by Gasteiger charge is -2.18. The third kappa shape index (κ3) is 2.77. The van der Waals surface area contributed by atoms with Crippen molar-refractivity contribution in [3.63, 3.8) is 0 Å². The molecule has 1 amide bonds. The van der Waals surface area contributed by atoms with Crippen LogP contribution in [0.1, 0.15) is 21.7 Å². The number of aryl methyl sites for hydroxylation is 1. The molecule has 2 aromatic rings. The smallest absolute Gasteiger partial charge is 0.255 e. The number of nitrogen functional groups attached to an aromatic ring is 1. The standard InChI is InChI=1S/C15H18N2O3/c1-10-11(6-7-20-10)9-17(2)15(18)13-5-4-12(19-3)8-14(13)16/h4-8H,9,16H2,1-3H3. The predicted molar refractivity (Wildman–Crippen MR) is 76.6 cm³/mol. The van der Waals surface area contributed by atoms with Crippen LogP contribution in [0, 0.1) is 6.92 Å². The van der Waals surface area contributed by atoms with Crippen LogP contribution in [0.5, 0.6) is 5.75 Å². The van der Waals surface area contributed by atoms with Crippen LogP contribution in [-0.4, -0.2) is 25.0 Å². The Hall–Kier alpha value is -2.43. The molecule has 2 rings (SSSR count). The topological polar surface area (TPSA) is 68.7 Å². The van der Waals surface area contributed by atoms with E-state index < -0.39 is 0 Å². The maximum atomic E-state index is 12.4. The summed E-state index contributed by atoms with van der Waals surface area (Å²) < 4.78 is 10.3. The van der Waals surface area contributed by atoms with Gasteiger partial charge < -0.3 is 19.8 Å². The normalized spacial score (nSPS) is 10.3. The van der Waals surface area contributed by atoms with Crippen LogP contribution >= 0.6 is 0 Å². The molecule has 0 radical (unpaired) electrons. The lowest BCUT2D eigenvalue weighted by atomic mass is 10.1. The van der Waals surface area contributed by atoms with Gasteiger partial charge in [-0.3, -0.25) is 4.79 Å². The maximum absolute atomic E-state index is 12.4. The Morgan fingerprint density at radius 3 is 2.70 bits per heavy atom. The molecule has 0 saturated heterocycles. The molecular weight excluding hydrogens is 256 g/mol. The number of amides is 1. The van der Waals surface area contributed by atoms with Crippen LogP contribution in [0.2, 0.25) is 0 Å². The molecule has 0 fully saturated rings. The molecule has 0 spiro atoms. The molecule has 1 heterocycles. The summed E-state index contributed by atoms with van der Waals surface area (Å²) in [7, 11) is 3.29. The van der Waals surface area contributed by atoms with Crippen molar-refractivity contribution >= 4 is 11.6 Å². The number of furan rings is 1. The first-order valence-electron chi connectivity index (χ1n) is 6.25. The second-order valence-corrected chi connectivity index (χ2v) is 4.62. The summed E-state index contributed by atoms with van der Waals surface area (Å²) in [6.45, 7) is 2.35. The third-order valence-corrected chi connectivity index (χ3v) is 3.21. The first-order chi connectivity index (χ1) is 9.52. The maximum Gasteiger partial charge on any atom is 0.255 e. The van der Waals surface area contributed by atoms with Gasteiger partial charge in [0, 0.05) is 30.9 Å². The molecule has 0 aliphatic heterocycles. The summed E-state index contributed by atoms with van der Waals surface area (Å²) in [6, 6.07) is 6.90. The number of nitrogens with zero attached hydrogens (tertiary/aromatic N) is 1. The Morgan fingerprint density at radius 2 is 2.15 bits per heavy atom. The van der Waals surface area contributed by atoms with E-state index in [1.807, 2.05) is 13.0 Å². The highest BCUT2D eigenvalue weighted by Crippen LogP contribution is 2.21. The predicted octanol–water partition coefficient (Wildman–Crippen LogP) is 2.45. The Labute approximate surface area is 117 Å². The van der Waals surface area contributed by atoms with Crippen molar-refractivity contribution in [2.75, 3.05) is 19.9 Å². The van der Waals surface area contributed by atoms with Gasteiger partial charge in [-0.05, 0) is 25.1 Å². The molecule has 0 aliphatic carbocycles. The number of ether oxygens (including phenoxy) is 1. The van der Waals surface area contributed by atoms with E-state index >= 15 is 0 Å². The van der Waals surface area contributed by atoms with E-state index in [9.17, 15) is 4.79 Å². The Kier molecular flexibility index (Phi) is 3.98. The number of hydrogen-bond donors (Lipinski definition) is 1. The molecule has 0 atom stereocenters. The first kappa shape index (κ1) is 14.0. The van der Waals surface area contributed by atoms with Crippen molar-refractivity contribution in [3.05, 3.63) is 47.4 Å². The lowest BCUT2D eigenvalue weighted by molar-refractivity contribution is 0.0785. The molecule has 1 aromatic carbocycles. The van der Waals surface area contributed by atoms with Crippen molar-refractivity contribution in [2.24, 2.45) is 0 Å². The zero-order chi connectivity index (χ0) is 14.7. The van der Waals surface area contributed by atoms with Crippen molar-refractivity contribution in [3.8, 4) is 5.75 Å². The zero-order valence-electron chi connectivity index (χ0n) is 11.8. The van der Waals surface area contributed by atoms with Gasteiger partial charge in [0.15, 0.2) is 0 Å². The highest BCUT2D eigenvalue weighted by atomic mass is 16.5. The van der Waals surface area contributed by atoms with E-state index in [0.29, 0.717) is 23.5 Å². The fourth-order valence-electron chi connectivity index (χ4n) is 1.97. The molecule has 106 valence electrons. The lowest BCUT2D eigenvalue weighted by Crippen LogP contribution is -2.27. The number of nitrogens with two attached hydrogens (primary N) is 1. The van der Waals surface area contributed by atoms with E-state index in [0.717, 1.165) is 11.3 Å². The molecule has 2 N–H and O–H groups in total. The summed E-state index contributed by atoms with van der Waals surface area (Å²) in [6.07, 6.45) is 1.62. The van der Waals surface area contributed by atoms with Gasteiger partial charge >= 0.3 is 0 Å². The molecule has 0 bridgehead atoms. The minimum atomic E-state index is -0.134. The minimum absolute atomic E-state index is 0.134. The number of methoxy groups -OCH3 is 1. The zero-order valence-corrected chi connectivity index (χ0v) is 11.8. The highest BCUT2D eigenvalue weighted by Gasteiger charge is 2.16. The van der Waals surface area contributed by atoms with E-state index in [4.69, 9.17) is 14.9 Å². The van der Waals surface area contributed by atoms with Crippen molar-refractivity contribution < 1.29 is 13.9 Å². The quantitative estimate of drug-likeness (QED) is 0.869. The molecule has 5 nitrogen and oxygen atoms in total. The van der Waals surface area contributed by atoms with Gasteiger partial charge in [0.1, 0.15) is 11.5 Å². The van der Waals surface area contributed by atoms with Crippen LogP contribution in [0.25, 0.3) is 0 Å². The Morgan fingerprint density at radius 1 is 1.40 bits per heavy atom. The summed E-state index contributed by atoms with van der Waals surface area (Å²) in [5.74, 6) is 1.31. The van der Waals surface area contributed by atoms with Gasteiger partial charge in [0.2, 0.25) is 0 Å². The van der Waals surface area contributed by atoms with Crippen molar-refractivity contribution in [2.45, 2.75) is 13.5 Å². The fourth-order valence-corrected chi connectivity index (χ4v) is 1.97. The van der Waals surface area contributed by atoms with E-state index in [-0.39, 0.29) is 5.91 Å². The summed E-state index contributed by atoms with van der Waals surface area (Å²) in [5, 5.41) is 0. The van der Waals surface area contributed by atoms with Crippen LogP contribution in [0.3, 0.4) is 0 Å². The number of carbonyl (C=O) groups is 1. The second kappa shape index (κ2) is 5.69. The Balaban J connectivity index is 2.16. The van der Waals surface area contributed by atoms with Gasteiger partial charge in [0.05, 0.1) is 18.9 Å². The second-order valence-electron chi connectivity index (χ2n) is 4.62. The van der Waals surface area contributed by atoms with Gasteiger partial charge in [-0.15, -0.1) is 0 Å². The average Bonchev–Trinajstić information content (AvgIpc) is 2.83. The largest absolute Gasteiger partial charge is 0.497 e.